The molecule has 0 amide bonds. The number of halogens is 1. The molecule has 0 saturated heterocycles. The van der Waals surface area contributed by atoms with Crippen molar-refractivity contribution in [2.45, 2.75) is 18.4 Å². The molecule has 0 aliphatic heterocycles. The Balaban J connectivity index is 1.72. The number of sulfonamides is 1. The van der Waals surface area contributed by atoms with Crippen LogP contribution in [0.15, 0.2) is 65.7 Å². The summed E-state index contributed by atoms with van der Waals surface area (Å²) >= 11 is 0. The average Bonchev–Trinajstić information content (AvgIpc) is 2.67. The Kier molecular flexibility index (Phi) is 5.85. The molecule has 0 spiro atoms. The largest absolute Gasteiger partial charge is 0.439 e. The Bertz CT molecular complexity index is 1150. The smallest absolute Gasteiger partial charge is 0.289 e. The Hall–Kier alpha value is -3.37. The van der Waals surface area contributed by atoms with Crippen molar-refractivity contribution >= 4 is 15.7 Å². The molecule has 8 nitrogen and oxygen atoms in total. The predicted octanol–water partition coefficient (Wildman–Crippen LogP) is 3.71. The molecule has 1 aromatic heterocycles. The van der Waals surface area contributed by atoms with Crippen molar-refractivity contribution in [1.29, 1.82) is 0 Å². The van der Waals surface area contributed by atoms with Gasteiger partial charge in [-0.3, -0.25) is 10.1 Å². The van der Waals surface area contributed by atoms with Gasteiger partial charge in [-0.25, -0.2) is 22.5 Å². The highest BCUT2D eigenvalue weighted by Gasteiger charge is 2.27. The quantitative estimate of drug-likeness (QED) is 0.463. The summed E-state index contributed by atoms with van der Waals surface area (Å²) in [5.41, 5.74) is 0.287. The third-order valence-corrected chi connectivity index (χ3v) is 5.53. The number of nitrogens with one attached hydrogen (secondary N) is 1. The zero-order valence-corrected chi connectivity index (χ0v) is 16.0. The van der Waals surface area contributed by atoms with E-state index in [2.05, 4.69) is 9.71 Å². The molecular weight excluding hydrogens is 401 g/mol. The summed E-state index contributed by atoms with van der Waals surface area (Å²) in [5.74, 6) is 0.0355. The number of benzene rings is 2. The molecule has 0 unspecified atom stereocenters. The molecule has 0 atom stereocenters. The average molecular weight is 417 g/mol. The summed E-state index contributed by atoms with van der Waals surface area (Å²) in [6.07, 6.45) is 1.39. The monoisotopic (exact) mass is 417 g/mol. The van der Waals surface area contributed by atoms with Crippen molar-refractivity contribution in [2.75, 3.05) is 0 Å². The van der Waals surface area contributed by atoms with Crippen molar-refractivity contribution in [3.63, 3.8) is 0 Å². The molecule has 150 valence electrons. The highest BCUT2D eigenvalue weighted by Crippen LogP contribution is 2.27. The summed E-state index contributed by atoms with van der Waals surface area (Å²) in [4.78, 5) is 14.1. The molecule has 1 heterocycles. The Morgan fingerprint density at radius 2 is 1.93 bits per heavy atom. The van der Waals surface area contributed by atoms with Crippen LogP contribution in [-0.2, 0) is 16.6 Å². The molecule has 1 N–H and O–H groups in total. The van der Waals surface area contributed by atoms with Crippen LogP contribution in [0.2, 0.25) is 0 Å². The van der Waals surface area contributed by atoms with Gasteiger partial charge in [-0.15, -0.1) is 0 Å². The third kappa shape index (κ3) is 4.92. The van der Waals surface area contributed by atoms with E-state index in [0.29, 0.717) is 5.56 Å². The van der Waals surface area contributed by atoms with Gasteiger partial charge < -0.3 is 4.74 Å². The molecule has 0 fully saturated rings. The third-order valence-electron chi connectivity index (χ3n) is 3.94. The summed E-state index contributed by atoms with van der Waals surface area (Å²) in [6, 6.07) is 12.7. The van der Waals surface area contributed by atoms with Crippen molar-refractivity contribution in [2.24, 2.45) is 0 Å². The van der Waals surface area contributed by atoms with E-state index in [9.17, 15) is 22.9 Å². The van der Waals surface area contributed by atoms with Gasteiger partial charge in [0.15, 0.2) is 4.90 Å². The highest BCUT2D eigenvalue weighted by molar-refractivity contribution is 7.89. The zero-order chi connectivity index (χ0) is 21.0. The second kappa shape index (κ2) is 8.33. The molecular formula is C19H16FN3O5S. The van der Waals surface area contributed by atoms with Crippen LogP contribution in [0.1, 0.15) is 11.1 Å². The van der Waals surface area contributed by atoms with Crippen LogP contribution < -0.4 is 9.46 Å². The first-order chi connectivity index (χ1) is 13.8. The number of hydrogen-bond donors (Lipinski definition) is 1. The van der Waals surface area contributed by atoms with Crippen molar-refractivity contribution in [1.82, 2.24) is 9.71 Å². The number of nitrogens with zero attached hydrogens (tertiary/aromatic N) is 2. The topological polar surface area (TPSA) is 111 Å². The van der Waals surface area contributed by atoms with Gasteiger partial charge in [-0.2, -0.15) is 0 Å². The predicted molar refractivity (Wildman–Crippen MR) is 103 cm³/mol. The zero-order valence-electron chi connectivity index (χ0n) is 15.2. The van der Waals surface area contributed by atoms with Crippen LogP contribution in [0.25, 0.3) is 0 Å². The molecule has 0 saturated carbocycles. The van der Waals surface area contributed by atoms with Crippen LogP contribution in [0, 0.1) is 22.9 Å². The van der Waals surface area contributed by atoms with Crippen LogP contribution >= 0.6 is 0 Å². The first-order valence-corrected chi connectivity index (χ1v) is 9.86. The lowest BCUT2D eigenvalue weighted by molar-refractivity contribution is -0.387. The second-order valence-electron chi connectivity index (χ2n) is 6.07. The second-order valence-corrected chi connectivity index (χ2v) is 7.77. The fourth-order valence-electron chi connectivity index (χ4n) is 2.61. The number of hydrogen-bond acceptors (Lipinski definition) is 6. The summed E-state index contributed by atoms with van der Waals surface area (Å²) in [6.45, 7) is 1.36. The van der Waals surface area contributed by atoms with Crippen molar-refractivity contribution in [3.8, 4) is 11.6 Å². The summed E-state index contributed by atoms with van der Waals surface area (Å²) < 4.78 is 46.1. The van der Waals surface area contributed by atoms with Gasteiger partial charge >= 0.3 is 0 Å². The van der Waals surface area contributed by atoms with Gasteiger partial charge in [0.2, 0.25) is 15.9 Å². The van der Waals surface area contributed by atoms with E-state index in [1.54, 1.807) is 12.1 Å². The number of pyridine rings is 1. The fraction of sp³-hybridized carbons (Fsp3) is 0.105. The normalized spacial score (nSPS) is 11.2. The van der Waals surface area contributed by atoms with Gasteiger partial charge in [0.1, 0.15) is 11.6 Å². The van der Waals surface area contributed by atoms with E-state index in [4.69, 9.17) is 4.74 Å². The summed E-state index contributed by atoms with van der Waals surface area (Å²) in [7, 11) is -4.12. The van der Waals surface area contributed by atoms with E-state index < -0.39 is 26.5 Å². The van der Waals surface area contributed by atoms with E-state index in [0.717, 1.165) is 6.07 Å². The highest BCUT2D eigenvalue weighted by atomic mass is 32.2. The van der Waals surface area contributed by atoms with Crippen molar-refractivity contribution < 1.29 is 22.5 Å². The number of nitro benzene ring substituents is 1. The molecule has 0 radical (unpaired) electrons. The molecule has 3 aromatic rings. The van der Waals surface area contributed by atoms with Crippen molar-refractivity contribution in [3.05, 3.63) is 87.9 Å². The molecule has 2 aromatic carbocycles. The van der Waals surface area contributed by atoms with E-state index in [1.165, 1.54) is 49.5 Å². The maximum Gasteiger partial charge on any atom is 0.289 e. The maximum atomic E-state index is 13.2. The Morgan fingerprint density at radius 3 is 2.59 bits per heavy atom. The van der Waals surface area contributed by atoms with Gasteiger partial charge in [0, 0.05) is 30.9 Å². The van der Waals surface area contributed by atoms with E-state index in [-0.39, 0.29) is 28.6 Å². The number of aryl methyl sites for hydroxylation is 1. The number of rotatable bonds is 7. The van der Waals surface area contributed by atoms with Gasteiger partial charge in [-0.05, 0) is 30.2 Å². The molecule has 10 heteroatoms. The number of aromatic nitrogens is 1. The molecule has 0 aliphatic rings. The van der Waals surface area contributed by atoms with Gasteiger partial charge in [-0.1, -0.05) is 24.3 Å². The minimum absolute atomic E-state index is 0.124. The SMILES string of the molecule is Cc1cccc([N+](=O)[O-])c1S(=O)(=O)NCc1ccc(Oc2cccc(F)c2)nc1. The molecule has 29 heavy (non-hydrogen) atoms. The van der Waals surface area contributed by atoms with Gasteiger partial charge in [0.25, 0.3) is 5.69 Å². The Labute approximate surface area is 166 Å². The van der Waals surface area contributed by atoms with Crippen LogP contribution in [0.3, 0.4) is 0 Å². The summed E-state index contributed by atoms with van der Waals surface area (Å²) in [5, 5.41) is 11.2. The first-order valence-electron chi connectivity index (χ1n) is 8.38. The lowest BCUT2D eigenvalue weighted by Gasteiger charge is -2.10. The minimum atomic E-state index is -4.12. The number of nitro groups is 1. The standard InChI is InChI=1S/C19H16FN3O5S/c1-13-4-2-7-17(23(24)25)19(13)29(26,27)22-12-14-8-9-18(21-11-14)28-16-6-3-5-15(20)10-16/h2-11,22H,12H2,1H3. The minimum Gasteiger partial charge on any atom is -0.439 e. The Morgan fingerprint density at radius 1 is 1.17 bits per heavy atom. The molecule has 3 rings (SSSR count). The van der Waals surface area contributed by atoms with E-state index >= 15 is 0 Å². The lowest BCUT2D eigenvalue weighted by atomic mass is 10.2. The molecule has 0 bridgehead atoms. The maximum absolute atomic E-state index is 13.2. The van der Waals surface area contributed by atoms with Crippen LogP contribution in [0.5, 0.6) is 11.6 Å². The fourth-order valence-corrected chi connectivity index (χ4v) is 4.02. The van der Waals surface area contributed by atoms with E-state index in [1.807, 2.05) is 0 Å². The van der Waals surface area contributed by atoms with Gasteiger partial charge in [0.05, 0.1) is 4.92 Å². The number of ether oxygens (including phenoxy) is 1. The van der Waals surface area contributed by atoms with Crippen LogP contribution in [-0.4, -0.2) is 18.3 Å². The first kappa shape index (κ1) is 20.4. The lowest BCUT2D eigenvalue weighted by Crippen LogP contribution is -2.25. The molecule has 0 aliphatic carbocycles. The van der Waals surface area contributed by atoms with Crippen LogP contribution in [0.4, 0.5) is 10.1 Å².